The molecule has 2 rings (SSSR count). The highest BCUT2D eigenvalue weighted by Gasteiger charge is 2.41. The third-order valence-electron chi connectivity index (χ3n) is 3.55. The van der Waals surface area contributed by atoms with Crippen molar-refractivity contribution in [2.45, 2.75) is 38.5 Å². The Labute approximate surface area is 91.2 Å². The van der Waals surface area contributed by atoms with E-state index in [1.54, 1.807) is 0 Å². The molecule has 0 aromatic carbocycles. The third-order valence-corrected chi connectivity index (χ3v) is 3.55. The Bertz CT molecular complexity index is 210. The summed E-state index contributed by atoms with van der Waals surface area (Å²) in [5.74, 6) is 2.66. The molecule has 0 heterocycles. The predicted octanol–water partition coefficient (Wildman–Crippen LogP) is 1.31. The lowest BCUT2D eigenvalue weighted by atomic mass is 9.98. The average molecular weight is 211 g/mol. The summed E-state index contributed by atoms with van der Waals surface area (Å²) in [5.41, 5.74) is 0. The number of amides is 1. The molecule has 0 spiro atoms. The van der Waals surface area contributed by atoms with Crippen LogP contribution in [-0.2, 0) is 4.79 Å². The van der Waals surface area contributed by atoms with Crippen LogP contribution in [0.15, 0.2) is 0 Å². The molecule has 15 heavy (non-hydrogen) atoms. The van der Waals surface area contributed by atoms with Crippen LogP contribution in [0.4, 0.5) is 0 Å². The van der Waals surface area contributed by atoms with Crippen LogP contribution < -0.4 is 5.32 Å². The van der Waals surface area contributed by atoms with Gasteiger partial charge in [0.05, 0.1) is 0 Å². The van der Waals surface area contributed by atoms with E-state index < -0.39 is 0 Å². The Kier molecular flexibility index (Phi) is 3.62. The van der Waals surface area contributed by atoms with Gasteiger partial charge in [-0.2, -0.15) is 0 Å². The molecule has 0 aromatic rings. The van der Waals surface area contributed by atoms with E-state index in [9.17, 15) is 4.79 Å². The zero-order chi connectivity index (χ0) is 10.7. The lowest BCUT2D eigenvalue weighted by molar-refractivity contribution is -0.121. The Morgan fingerprint density at radius 2 is 1.87 bits per heavy atom. The van der Waals surface area contributed by atoms with Crippen LogP contribution >= 0.6 is 0 Å². The second-order valence-corrected chi connectivity index (χ2v) is 4.97. The first-order chi connectivity index (χ1) is 7.31. The molecule has 0 atom stereocenters. The summed E-state index contributed by atoms with van der Waals surface area (Å²) in [6.45, 7) is 0.988. The minimum absolute atomic E-state index is 0.107. The predicted molar refractivity (Wildman–Crippen MR) is 58.3 cm³/mol. The number of carbonyl (C=O) groups excluding carboxylic acids is 1. The van der Waals surface area contributed by atoms with E-state index in [1.165, 1.54) is 25.7 Å². The van der Waals surface area contributed by atoms with Crippen LogP contribution in [0.1, 0.15) is 38.5 Å². The minimum Gasteiger partial charge on any atom is -0.396 e. The normalized spacial score (nSPS) is 20.7. The molecule has 2 N–H and O–H groups in total. The molecule has 2 aliphatic rings. The van der Waals surface area contributed by atoms with Crippen molar-refractivity contribution in [3.8, 4) is 0 Å². The zero-order valence-electron chi connectivity index (χ0n) is 9.24. The summed E-state index contributed by atoms with van der Waals surface area (Å²) in [5, 5.41) is 11.6. The van der Waals surface area contributed by atoms with E-state index in [0.29, 0.717) is 12.8 Å². The highest BCUT2D eigenvalue weighted by Crippen LogP contribution is 2.48. The number of hydrogen-bond acceptors (Lipinski definition) is 2. The Hall–Kier alpha value is -0.570. The maximum Gasteiger partial charge on any atom is 0.220 e. The quantitative estimate of drug-likeness (QED) is 0.667. The van der Waals surface area contributed by atoms with Gasteiger partial charge in [0.1, 0.15) is 0 Å². The Balaban J connectivity index is 1.64. The van der Waals surface area contributed by atoms with E-state index in [4.69, 9.17) is 5.11 Å². The van der Waals surface area contributed by atoms with Crippen molar-refractivity contribution in [3.05, 3.63) is 0 Å². The van der Waals surface area contributed by atoms with Crippen molar-refractivity contribution in [2.75, 3.05) is 13.2 Å². The summed E-state index contributed by atoms with van der Waals surface area (Å²) < 4.78 is 0. The van der Waals surface area contributed by atoms with Gasteiger partial charge in [-0.25, -0.2) is 0 Å². The third kappa shape index (κ3) is 3.49. The Morgan fingerprint density at radius 3 is 2.33 bits per heavy atom. The second kappa shape index (κ2) is 4.97. The van der Waals surface area contributed by atoms with Gasteiger partial charge in [0.25, 0.3) is 0 Å². The van der Waals surface area contributed by atoms with Crippen LogP contribution in [-0.4, -0.2) is 24.2 Å². The van der Waals surface area contributed by atoms with Gasteiger partial charge < -0.3 is 10.4 Å². The number of hydrogen-bond donors (Lipinski definition) is 2. The Morgan fingerprint density at radius 1 is 1.27 bits per heavy atom. The highest BCUT2D eigenvalue weighted by molar-refractivity contribution is 5.75. The van der Waals surface area contributed by atoms with E-state index in [1.807, 2.05) is 0 Å². The number of carbonyl (C=O) groups is 1. The number of aliphatic hydroxyl groups excluding tert-OH is 1. The molecule has 0 radical (unpaired) electrons. The minimum atomic E-state index is 0.107. The van der Waals surface area contributed by atoms with Crippen molar-refractivity contribution >= 4 is 5.91 Å². The maximum atomic E-state index is 11.4. The van der Waals surface area contributed by atoms with Gasteiger partial charge in [-0.05, 0) is 49.9 Å². The van der Waals surface area contributed by atoms with E-state index >= 15 is 0 Å². The van der Waals surface area contributed by atoms with E-state index in [-0.39, 0.29) is 12.5 Å². The molecule has 0 saturated heterocycles. The molecule has 2 saturated carbocycles. The zero-order valence-corrected chi connectivity index (χ0v) is 9.24. The van der Waals surface area contributed by atoms with Crippen molar-refractivity contribution in [3.63, 3.8) is 0 Å². The van der Waals surface area contributed by atoms with Crippen LogP contribution in [0, 0.1) is 17.8 Å². The summed E-state index contributed by atoms with van der Waals surface area (Å²) in [6, 6.07) is 0. The van der Waals surface area contributed by atoms with E-state index in [2.05, 4.69) is 5.32 Å². The molecular formula is C12H21NO2. The fourth-order valence-corrected chi connectivity index (χ4v) is 2.33. The SMILES string of the molecule is O=C(CCCO)NCC(C1CC1)C1CC1. The van der Waals surface area contributed by atoms with Crippen molar-refractivity contribution in [1.29, 1.82) is 0 Å². The first kappa shape index (κ1) is 10.9. The van der Waals surface area contributed by atoms with Gasteiger partial charge in [-0.15, -0.1) is 0 Å². The van der Waals surface area contributed by atoms with Crippen LogP contribution in [0.5, 0.6) is 0 Å². The summed E-state index contributed by atoms with van der Waals surface area (Å²) in [6.07, 6.45) is 6.53. The molecule has 0 bridgehead atoms. The van der Waals surface area contributed by atoms with Crippen LogP contribution in [0.2, 0.25) is 0 Å². The molecule has 3 heteroatoms. The maximum absolute atomic E-state index is 11.4. The van der Waals surface area contributed by atoms with Crippen molar-refractivity contribution < 1.29 is 9.90 Å². The lowest BCUT2D eigenvalue weighted by Crippen LogP contribution is -2.31. The standard InChI is InChI=1S/C12H21NO2/c14-7-1-2-12(15)13-8-11(9-3-4-9)10-5-6-10/h9-11,14H,1-8H2,(H,13,15). The van der Waals surface area contributed by atoms with Gasteiger partial charge in [0.2, 0.25) is 5.91 Å². The number of rotatable bonds is 7. The molecular weight excluding hydrogens is 190 g/mol. The molecule has 0 unspecified atom stereocenters. The van der Waals surface area contributed by atoms with Gasteiger partial charge in [-0.1, -0.05) is 0 Å². The monoisotopic (exact) mass is 211 g/mol. The summed E-state index contributed by atoms with van der Waals surface area (Å²) in [7, 11) is 0. The van der Waals surface area contributed by atoms with Gasteiger partial charge in [-0.3, -0.25) is 4.79 Å². The summed E-state index contributed by atoms with van der Waals surface area (Å²) >= 11 is 0. The molecule has 1 amide bonds. The van der Waals surface area contributed by atoms with Crippen molar-refractivity contribution in [1.82, 2.24) is 5.32 Å². The van der Waals surface area contributed by atoms with Crippen LogP contribution in [0.3, 0.4) is 0 Å². The average Bonchev–Trinajstić information content (AvgIpc) is 3.05. The molecule has 2 fully saturated rings. The fraction of sp³-hybridized carbons (Fsp3) is 0.917. The molecule has 2 aliphatic carbocycles. The number of nitrogens with one attached hydrogen (secondary N) is 1. The first-order valence-corrected chi connectivity index (χ1v) is 6.19. The molecule has 86 valence electrons. The van der Waals surface area contributed by atoms with Gasteiger partial charge in [0, 0.05) is 19.6 Å². The fourth-order valence-electron chi connectivity index (χ4n) is 2.33. The molecule has 0 aliphatic heterocycles. The molecule has 3 nitrogen and oxygen atoms in total. The highest BCUT2D eigenvalue weighted by atomic mass is 16.3. The lowest BCUT2D eigenvalue weighted by Gasteiger charge is -2.15. The summed E-state index contributed by atoms with van der Waals surface area (Å²) in [4.78, 5) is 11.4. The number of aliphatic hydroxyl groups is 1. The van der Waals surface area contributed by atoms with Crippen LogP contribution in [0.25, 0.3) is 0 Å². The second-order valence-electron chi connectivity index (χ2n) is 4.97. The topological polar surface area (TPSA) is 49.3 Å². The largest absolute Gasteiger partial charge is 0.396 e. The molecule has 0 aromatic heterocycles. The first-order valence-electron chi connectivity index (χ1n) is 6.19. The van der Waals surface area contributed by atoms with Gasteiger partial charge >= 0.3 is 0 Å². The van der Waals surface area contributed by atoms with E-state index in [0.717, 1.165) is 24.3 Å². The smallest absolute Gasteiger partial charge is 0.220 e. The van der Waals surface area contributed by atoms with Gasteiger partial charge in [0.15, 0.2) is 0 Å². The van der Waals surface area contributed by atoms with Crippen molar-refractivity contribution in [2.24, 2.45) is 17.8 Å².